The van der Waals surface area contributed by atoms with Gasteiger partial charge in [0, 0.05) is 32.6 Å². The highest BCUT2D eigenvalue weighted by atomic mass is 127. The lowest BCUT2D eigenvalue weighted by Gasteiger charge is -2.32. The maximum Gasteiger partial charge on any atom is 0.408 e. The number of ether oxygens (including phenoxy) is 1. The van der Waals surface area contributed by atoms with Crippen LogP contribution in [0.2, 0.25) is 0 Å². The van der Waals surface area contributed by atoms with Crippen molar-refractivity contribution in [1.29, 1.82) is 0 Å². The zero-order chi connectivity index (χ0) is 21.9. The average molecular weight is 540 g/mol. The lowest BCUT2D eigenvalue weighted by atomic mass is 9.93. The molecule has 1 aliphatic heterocycles. The van der Waals surface area contributed by atoms with Gasteiger partial charge in [0.15, 0.2) is 5.96 Å². The largest absolute Gasteiger partial charge is 0.444 e. The van der Waals surface area contributed by atoms with E-state index in [1.807, 2.05) is 46.4 Å². The zero-order valence-electron chi connectivity index (χ0n) is 19.6. The van der Waals surface area contributed by atoms with E-state index in [0.717, 1.165) is 45.3 Å². The van der Waals surface area contributed by atoms with Crippen molar-refractivity contribution in [3.8, 4) is 0 Å². The fourth-order valence-electron chi connectivity index (χ4n) is 3.19. The monoisotopic (exact) mass is 539 g/mol. The van der Waals surface area contributed by atoms with E-state index < -0.39 is 17.2 Å². The van der Waals surface area contributed by atoms with Gasteiger partial charge < -0.3 is 25.6 Å². The van der Waals surface area contributed by atoms with Gasteiger partial charge in [-0.1, -0.05) is 13.8 Å². The maximum absolute atomic E-state index is 12.3. The van der Waals surface area contributed by atoms with Crippen LogP contribution >= 0.6 is 24.0 Å². The SMILES string of the molecule is CCNC(=NCC(CC)(CC)NC(=O)OC(C)(C)C)NCCC(=O)N1CCCC1.I. The Hall–Kier alpha value is -1.26. The highest BCUT2D eigenvalue weighted by Crippen LogP contribution is 2.17. The first-order valence-corrected chi connectivity index (χ1v) is 11.0. The molecule has 2 amide bonds. The molecule has 3 N–H and O–H groups in total. The van der Waals surface area contributed by atoms with Crippen LogP contribution in [0.4, 0.5) is 4.79 Å². The predicted molar refractivity (Wildman–Crippen MR) is 133 cm³/mol. The number of carbonyl (C=O) groups excluding carboxylic acids is 2. The Kier molecular flexibility index (Phi) is 13.3. The van der Waals surface area contributed by atoms with Crippen LogP contribution in [-0.4, -0.2) is 66.7 Å². The standard InChI is InChI=1S/C21H41N5O3.HI/c1-7-21(8-2,25-19(28)29-20(4,5)6)16-24-18(22-9-3)23-13-12-17(27)26-14-10-11-15-26;/h7-16H2,1-6H3,(H,25,28)(H2,22,23,24);1H. The van der Waals surface area contributed by atoms with Crippen molar-refractivity contribution in [3.05, 3.63) is 0 Å². The summed E-state index contributed by atoms with van der Waals surface area (Å²) in [4.78, 5) is 31.1. The molecule has 0 spiro atoms. The fraction of sp³-hybridized carbons (Fsp3) is 0.857. The Morgan fingerprint density at radius 1 is 1.03 bits per heavy atom. The van der Waals surface area contributed by atoms with Crippen LogP contribution in [0.15, 0.2) is 4.99 Å². The lowest BCUT2D eigenvalue weighted by molar-refractivity contribution is -0.129. The van der Waals surface area contributed by atoms with Gasteiger partial charge >= 0.3 is 6.09 Å². The Balaban J connectivity index is 0.00000841. The quantitative estimate of drug-likeness (QED) is 0.238. The molecule has 0 aromatic heterocycles. The number of halogens is 1. The third-order valence-electron chi connectivity index (χ3n) is 5.09. The molecule has 9 heteroatoms. The molecule has 8 nitrogen and oxygen atoms in total. The van der Waals surface area contributed by atoms with Crippen LogP contribution in [0.1, 0.15) is 73.6 Å². The molecule has 1 fully saturated rings. The van der Waals surface area contributed by atoms with E-state index in [9.17, 15) is 9.59 Å². The first-order valence-electron chi connectivity index (χ1n) is 11.0. The molecular weight excluding hydrogens is 497 g/mol. The summed E-state index contributed by atoms with van der Waals surface area (Å²) in [6.07, 6.45) is 3.70. The van der Waals surface area contributed by atoms with E-state index in [2.05, 4.69) is 20.9 Å². The number of nitrogens with one attached hydrogen (secondary N) is 3. The molecule has 0 atom stereocenters. The average Bonchev–Trinajstić information content (AvgIpc) is 3.18. The summed E-state index contributed by atoms with van der Waals surface area (Å²) in [7, 11) is 0. The van der Waals surface area contributed by atoms with Crippen molar-refractivity contribution >= 4 is 41.9 Å². The minimum absolute atomic E-state index is 0. The summed E-state index contributed by atoms with van der Waals surface area (Å²) in [6.45, 7) is 15.0. The molecule has 1 heterocycles. The molecule has 0 bridgehead atoms. The Morgan fingerprint density at radius 2 is 1.63 bits per heavy atom. The Labute approximate surface area is 199 Å². The van der Waals surface area contributed by atoms with E-state index in [0.29, 0.717) is 25.5 Å². The highest BCUT2D eigenvalue weighted by molar-refractivity contribution is 14.0. The number of aliphatic imine (C=N–C) groups is 1. The van der Waals surface area contributed by atoms with Gasteiger partial charge in [0.05, 0.1) is 12.1 Å². The molecule has 0 aliphatic carbocycles. The molecule has 0 radical (unpaired) electrons. The van der Waals surface area contributed by atoms with E-state index in [1.165, 1.54) is 0 Å². The summed E-state index contributed by atoms with van der Waals surface area (Å²) in [5.41, 5.74) is -1.02. The number of nitrogens with zero attached hydrogens (tertiary/aromatic N) is 2. The molecule has 0 aromatic carbocycles. The van der Waals surface area contributed by atoms with Gasteiger partial charge in [0.2, 0.25) is 5.91 Å². The van der Waals surface area contributed by atoms with Gasteiger partial charge in [0.25, 0.3) is 0 Å². The first kappa shape index (κ1) is 28.7. The third kappa shape index (κ3) is 10.7. The molecule has 1 rings (SSSR count). The summed E-state index contributed by atoms with van der Waals surface area (Å²) < 4.78 is 5.42. The zero-order valence-corrected chi connectivity index (χ0v) is 21.9. The normalized spacial score (nSPS) is 14.7. The van der Waals surface area contributed by atoms with Crippen molar-refractivity contribution in [2.45, 2.75) is 84.8 Å². The van der Waals surface area contributed by atoms with E-state index in [4.69, 9.17) is 4.74 Å². The Morgan fingerprint density at radius 3 is 2.13 bits per heavy atom. The summed E-state index contributed by atoms with van der Waals surface area (Å²) in [5.74, 6) is 0.841. The van der Waals surface area contributed by atoms with Crippen LogP contribution in [-0.2, 0) is 9.53 Å². The van der Waals surface area contributed by atoms with Gasteiger partial charge in [0.1, 0.15) is 5.60 Å². The van der Waals surface area contributed by atoms with E-state index >= 15 is 0 Å². The maximum atomic E-state index is 12.3. The number of alkyl carbamates (subject to hydrolysis) is 1. The summed E-state index contributed by atoms with van der Waals surface area (Å²) >= 11 is 0. The molecule has 1 saturated heterocycles. The minimum Gasteiger partial charge on any atom is -0.444 e. The third-order valence-corrected chi connectivity index (χ3v) is 5.09. The second kappa shape index (κ2) is 13.9. The van der Waals surface area contributed by atoms with E-state index in [1.54, 1.807) is 0 Å². The van der Waals surface area contributed by atoms with Crippen molar-refractivity contribution in [1.82, 2.24) is 20.9 Å². The number of hydrogen-bond donors (Lipinski definition) is 3. The molecule has 176 valence electrons. The first-order chi connectivity index (χ1) is 13.6. The molecular formula is C21H42IN5O3. The summed E-state index contributed by atoms with van der Waals surface area (Å²) in [5, 5.41) is 9.45. The topological polar surface area (TPSA) is 95.1 Å². The number of hydrogen-bond acceptors (Lipinski definition) is 4. The molecule has 0 saturated carbocycles. The molecule has 0 unspecified atom stereocenters. The van der Waals surface area contributed by atoms with Crippen LogP contribution < -0.4 is 16.0 Å². The molecule has 0 aromatic rings. The van der Waals surface area contributed by atoms with Crippen LogP contribution in [0.5, 0.6) is 0 Å². The lowest BCUT2D eigenvalue weighted by Crippen LogP contribution is -2.52. The van der Waals surface area contributed by atoms with Crippen molar-refractivity contribution < 1.29 is 14.3 Å². The number of rotatable bonds is 9. The van der Waals surface area contributed by atoms with Gasteiger partial charge in [-0.2, -0.15) is 0 Å². The second-order valence-electron chi connectivity index (χ2n) is 8.57. The van der Waals surface area contributed by atoms with Crippen molar-refractivity contribution in [2.24, 2.45) is 4.99 Å². The number of amides is 2. The van der Waals surface area contributed by atoms with Crippen LogP contribution in [0.3, 0.4) is 0 Å². The van der Waals surface area contributed by atoms with Gasteiger partial charge in [-0.15, -0.1) is 24.0 Å². The van der Waals surface area contributed by atoms with Crippen LogP contribution in [0, 0.1) is 0 Å². The van der Waals surface area contributed by atoms with Gasteiger partial charge in [-0.3, -0.25) is 9.79 Å². The van der Waals surface area contributed by atoms with Gasteiger partial charge in [-0.05, 0) is 53.4 Å². The van der Waals surface area contributed by atoms with Crippen molar-refractivity contribution in [3.63, 3.8) is 0 Å². The molecule has 1 aliphatic rings. The highest BCUT2D eigenvalue weighted by Gasteiger charge is 2.30. The van der Waals surface area contributed by atoms with E-state index in [-0.39, 0.29) is 29.9 Å². The predicted octanol–water partition coefficient (Wildman–Crippen LogP) is 3.26. The smallest absolute Gasteiger partial charge is 0.408 e. The number of carbonyl (C=O) groups is 2. The van der Waals surface area contributed by atoms with Crippen LogP contribution in [0.25, 0.3) is 0 Å². The number of guanidine groups is 1. The second-order valence-corrected chi connectivity index (χ2v) is 8.57. The minimum atomic E-state index is -0.543. The van der Waals surface area contributed by atoms with Crippen molar-refractivity contribution in [2.75, 3.05) is 32.7 Å². The molecule has 30 heavy (non-hydrogen) atoms. The fourth-order valence-corrected chi connectivity index (χ4v) is 3.19. The Bertz CT molecular complexity index is 553. The van der Waals surface area contributed by atoms with Gasteiger partial charge in [-0.25, -0.2) is 4.79 Å². The summed E-state index contributed by atoms with van der Waals surface area (Å²) in [6, 6.07) is 0. The number of likely N-dealkylation sites (tertiary alicyclic amines) is 1.